The number of aliphatic hydroxyl groups excluding tert-OH is 1. The fourth-order valence-corrected chi connectivity index (χ4v) is 4.84. The highest BCUT2D eigenvalue weighted by molar-refractivity contribution is 7.91. The number of piperidine rings is 1. The Morgan fingerprint density at radius 2 is 1.82 bits per heavy atom. The first kappa shape index (κ1) is 17.5. The summed E-state index contributed by atoms with van der Waals surface area (Å²) < 4.78 is 28.4. The second kappa shape index (κ2) is 6.33. The molecule has 2 saturated heterocycles. The van der Waals surface area contributed by atoms with Crippen molar-refractivity contribution in [1.82, 2.24) is 10.2 Å². The summed E-state index contributed by atoms with van der Waals surface area (Å²) in [5.41, 5.74) is -0.521. The molecule has 2 heterocycles. The van der Waals surface area contributed by atoms with Crippen LogP contribution in [0.1, 0.15) is 33.6 Å². The van der Waals surface area contributed by atoms with E-state index >= 15 is 0 Å². The maximum absolute atomic E-state index is 11.7. The van der Waals surface area contributed by atoms with Gasteiger partial charge in [0.05, 0.1) is 23.7 Å². The zero-order valence-electron chi connectivity index (χ0n) is 13.4. The van der Waals surface area contributed by atoms with E-state index in [0.717, 1.165) is 12.8 Å². The molecule has 2 aliphatic heterocycles. The van der Waals surface area contributed by atoms with Gasteiger partial charge in [-0.2, -0.15) is 0 Å². The van der Waals surface area contributed by atoms with Crippen molar-refractivity contribution in [3.63, 3.8) is 0 Å². The van der Waals surface area contributed by atoms with E-state index in [1.165, 1.54) is 0 Å². The van der Waals surface area contributed by atoms with Gasteiger partial charge in [0.2, 0.25) is 0 Å². The van der Waals surface area contributed by atoms with Gasteiger partial charge in [-0.25, -0.2) is 13.2 Å². The minimum absolute atomic E-state index is 0.0261. The summed E-state index contributed by atoms with van der Waals surface area (Å²) in [4.78, 5) is 13.8. The molecule has 0 aromatic carbocycles. The average molecular weight is 334 g/mol. The molecular weight excluding hydrogens is 308 g/mol. The number of ether oxygens (including phenoxy) is 1. The number of alkyl carbamates (subject to hydrolysis) is 1. The van der Waals surface area contributed by atoms with Gasteiger partial charge in [-0.15, -0.1) is 0 Å². The number of carbonyl (C=O) groups is 1. The van der Waals surface area contributed by atoms with Crippen LogP contribution in [0.25, 0.3) is 0 Å². The molecule has 7 nitrogen and oxygen atoms in total. The molecule has 0 bridgehead atoms. The number of hydrogen-bond donors (Lipinski definition) is 2. The van der Waals surface area contributed by atoms with Crippen LogP contribution in [0.3, 0.4) is 0 Å². The number of rotatable bonds is 2. The molecule has 0 saturated carbocycles. The highest BCUT2D eigenvalue weighted by Gasteiger charge is 2.41. The van der Waals surface area contributed by atoms with Crippen LogP contribution in [-0.4, -0.2) is 72.9 Å². The summed E-state index contributed by atoms with van der Waals surface area (Å²) in [6, 6.07) is -0.284. The number of carbonyl (C=O) groups excluding carboxylic acids is 1. The number of nitrogens with one attached hydrogen (secondary N) is 1. The number of sulfone groups is 1. The fourth-order valence-electron chi connectivity index (χ4n) is 3.01. The molecule has 0 unspecified atom stereocenters. The lowest BCUT2D eigenvalue weighted by molar-refractivity contribution is 0.0413. The van der Waals surface area contributed by atoms with Crippen LogP contribution in [-0.2, 0) is 14.6 Å². The summed E-state index contributed by atoms with van der Waals surface area (Å²) in [6.45, 7) is 6.78. The molecule has 2 aliphatic rings. The summed E-state index contributed by atoms with van der Waals surface area (Å²) in [5.74, 6) is -0.119. The van der Waals surface area contributed by atoms with Crippen molar-refractivity contribution in [2.45, 2.75) is 57.4 Å². The molecule has 22 heavy (non-hydrogen) atoms. The van der Waals surface area contributed by atoms with Gasteiger partial charge in [-0.1, -0.05) is 0 Å². The maximum Gasteiger partial charge on any atom is 0.407 e. The normalized spacial score (nSPS) is 30.2. The van der Waals surface area contributed by atoms with Gasteiger partial charge >= 0.3 is 6.09 Å². The average Bonchev–Trinajstić information content (AvgIpc) is 2.61. The van der Waals surface area contributed by atoms with Gasteiger partial charge in [0.1, 0.15) is 5.60 Å². The summed E-state index contributed by atoms with van der Waals surface area (Å²) in [7, 11) is -3.13. The molecule has 8 heteroatoms. The van der Waals surface area contributed by atoms with Crippen LogP contribution in [0.5, 0.6) is 0 Å². The first-order valence-corrected chi connectivity index (χ1v) is 9.50. The molecule has 2 fully saturated rings. The summed E-state index contributed by atoms with van der Waals surface area (Å²) in [5, 5.41) is 12.8. The maximum atomic E-state index is 11.7. The number of likely N-dealkylation sites (tertiary alicyclic amines) is 1. The second-order valence-corrected chi connectivity index (χ2v) is 9.32. The zero-order chi connectivity index (χ0) is 16.5. The van der Waals surface area contributed by atoms with E-state index < -0.39 is 27.6 Å². The number of nitrogens with zero attached hydrogens (tertiary/aromatic N) is 1. The van der Waals surface area contributed by atoms with Crippen LogP contribution in [0.4, 0.5) is 4.79 Å². The van der Waals surface area contributed by atoms with Crippen LogP contribution in [0.15, 0.2) is 0 Å². The Labute approximate surface area is 131 Å². The molecule has 2 atom stereocenters. The molecule has 0 aromatic rings. The third kappa shape index (κ3) is 4.82. The fraction of sp³-hybridized carbons (Fsp3) is 0.929. The number of hydrogen-bond acceptors (Lipinski definition) is 6. The highest BCUT2D eigenvalue weighted by atomic mass is 32.2. The molecule has 0 spiro atoms. The van der Waals surface area contributed by atoms with Crippen molar-refractivity contribution in [3.05, 3.63) is 0 Å². The van der Waals surface area contributed by atoms with Gasteiger partial charge in [0, 0.05) is 19.1 Å². The van der Waals surface area contributed by atoms with E-state index in [2.05, 4.69) is 5.32 Å². The topological polar surface area (TPSA) is 95.9 Å². The quantitative estimate of drug-likeness (QED) is 0.745. The van der Waals surface area contributed by atoms with Crippen molar-refractivity contribution in [2.24, 2.45) is 0 Å². The molecular formula is C14H26N2O5S. The Balaban J connectivity index is 1.80. The van der Waals surface area contributed by atoms with E-state index in [1.54, 1.807) is 0 Å². The number of amides is 1. The molecule has 0 aromatic heterocycles. The standard InChI is InChI=1S/C14H26N2O5S/c1-14(2,3)21-13(18)15-10-4-6-16(7-5-10)11-8-22(19,20)9-12(11)17/h10-12,17H,4-9H2,1-3H3,(H,15,18)/t11-,12-/m1/s1. The van der Waals surface area contributed by atoms with E-state index in [0.29, 0.717) is 13.1 Å². The lowest BCUT2D eigenvalue weighted by Gasteiger charge is -2.37. The van der Waals surface area contributed by atoms with Crippen molar-refractivity contribution < 1.29 is 23.1 Å². The predicted octanol–water partition coefficient (Wildman–Crippen LogP) is 0.133. The monoisotopic (exact) mass is 334 g/mol. The summed E-state index contributed by atoms with van der Waals surface area (Å²) >= 11 is 0. The van der Waals surface area contributed by atoms with Crippen molar-refractivity contribution in [1.29, 1.82) is 0 Å². The minimum atomic E-state index is -3.13. The number of aliphatic hydroxyl groups is 1. The zero-order valence-corrected chi connectivity index (χ0v) is 14.2. The van der Waals surface area contributed by atoms with Gasteiger partial charge in [0.15, 0.2) is 9.84 Å². The van der Waals surface area contributed by atoms with E-state index in [-0.39, 0.29) is 23.6 Å². The largest absolute Gasteiger partial charge is 0.444 e. The van der Waals surface area contributed by atoms with Gasteiger partial charge < -0.3 is 15.2 Å². The predicted molar refractivity (Wildman–Crippen MR) is 82.4 cm³/mol. The smallest absolute Gasteiger partial charge is 0.407 e. The third-order valence-electron chi connectivity index (χ3n) is 4.01. The van der Waals surface area contributed by atoms with Gasteiger partial charge in [-0.3, -0.25) is 4.90 Å². The third-order valence-corrected chi connectivity index (χ3v) is 5.71. The van der Waals surface area contributed by atoms with Crippen LogP contribution < -0.4 is 5.32 Å². The SMILES string of the molecule is CC(C)(C)OC(=O)NC1CCN([C@@H]2CS(=O)(=O)C[C@H]2O)CC1. The van der Waals surface area contributed by atoms with Crippen molar-refractivity contribution in [3.8, 4) is 0 Å². The van der Waals surface area contributed by atoms with Gasteiger partial charge in [-0.05, 0) is 33.6 Å². The Kier molecular flexibility index (Phi) is 5.03. The lowest BCUT2D eigenvalue weighted by Crippen LogP contribution is -2.51. The molecule has 2 rings (SSSR count). The summed E-state index contributed by atoms with van der Waals surface area (Å²) in [6.07, 6.45) is 0.222. The molecule has 2 N–H and O–H groups in total. The van der Waals surface area contributed by atoms with Crippen molar-refractivity contribution >= 4 is 15.9 Å². The first-order chi connectivity index (χ1) is 10.1. The Bertz CT molecular complexity index is 506. The van der Waals surface area contributed by atoms with Crippen molar-refractivity contribution in [2.75, 3.05) is 24.6 Å². The van der Waals surface area contributed by atoms with Crippen LogP contribution in [0.2, 0.25) is 0 Å². The Hall–Kier alpha value is -0.860. The lowest BCUT2D eigenvalue weighted by atomic mass is 10.0. The molecule has 1 amide bonds. The molecule has 128 valence electrons. The molecule has 0 radical (unpaired) electrons. The van der Waals surface area contributed by atoms with Crippen LogP contribution in [0, 0.1) is 0 Å². The Morgan fingerprint density at radius 3 is 2.27 bits per heavy atom. The highest BCUT2D eigenvalue weighted by Crippen LogP contribution is 2.22. The van der Waals surface area contributed by atoms with E-state index in [4.69, 9.17) is 4.74 Å². The van der Waals surface area contributed by atoms with Crippen LogP contribution >= 0.6 is 0 Å². The van der Waals surface area contributed by atoms with E-state index in [9.17, 15) is 18.3 Å². The second-order valence-electron chi connectivity index (χ2n) is 7.17. The van der Waals surface area contributed by atoms with E-state index in [1.807, 2.05) is 25.7 Å². The Morgan fingerprint density at radius 1 is 1.23 bits per heavy atom. The molecule has 0 aliphatic carbocycles. The van der Waals surface area contributed by atoms with Gasteiger partial charge in [0.25, 0.3) is 0 Å². The minimum Gasteiger partial charge on any atom is -0.444 e. The first-order valence-electron chi connectivity index (χ1n) is 7.68.